The maximum atomic E-state index is 4.30. The standard InChI is InChI=1S/C13H18N2/c1-2-5-11-6-3-7-12(11)10-13-14-8-4-9-15-13/h2,4,8-9,11-12H,1,3,5-7,10H2/t11-,12+/m1/s1. The summed E-state index contributed by atoms with van der Waals surface area (Å²) in [6, 6.07) is 1.87. The van der Waals surface area contributed by atoms with Crippen LogP contribution in [0.3, 0.4) is 0 Å². The fourth-order valence-electron chi connectivity index (χ4n) is 2.58. The molecule has 0 aliphatic heterocycles. The number of hydrogen-bond donors (Lipinski definition) is 0. The van der Waals surface area contributed by atoms with Gasteiger partial charge in [0.25, 0.3) is 0 Å². The van der Waals surface area contributed by atoms with E-state index in [0.29, 0.717) is 0 Å². The zero-order chi connectivity index (χ0) is 10.5. The Kier molecular flexibility index (Phi) is 3.49. The summed E-state index contributed by atoms with van der Waals surface area (Å²) in [4.78, 5) is 8.60. The normalized spacial score (nSPS) is 25.3. The molecular formula is C13H18N2. The molecule has 0 aromatic carbocycles. The highest BCUT2D eigenvalue weighted by Gasteiger charge is 2.26. The minimum atomic E-state index is 0.769. The van der Waals surface area contributed by atoms with Crippen LogP contribution in [0.2, 0.25) is 0 Å². The largest absolute Gasteiger partial charge is 0.241 e. The van der Waals surface area contributed by atoms with E-state index < -0.39 is 0 Å². The van der Waals surface area contributed by atoms with Gasteiger partial charge in [-0.2, -0.15) is 0 Å². The van der Waals surface area contributed by atoms with E-state index in [9.17, 15) is 0 Å². The van der Waals surface area contributed by atoms with Gasteiger partial charge in [-0.1, -0.05) is 12.5 Å². The van der Waals surface area contributed by atoms with E-state index in [1.807, 2.05) is 18.5 Å². The van der Waals surface area contributed by atoms with Crippen LogP contribution in [0.25, 0.3) is 0 Å². The zero-order valence-electron chi connectivity index (χ0n) is 9.10. The highest BCUT2D eigenvalue weighted by molar-refractivity contribution is 4.94. The van der Waals surface area contributed by atoms with Gasteiger partial charge in [0.2, 0.25) is 0 Å². The predicted octanol–water partition coefficient (Wildman–Crippen LogP) is 3.01. The molecule has 1 heterocycles. The van der Waals surface area contributed by atoms with Crippen molar-refractivity contribution in [3.05, 3.63) is 36.9 Å². The van der Waals surface area contributed by atoms with Crippen molar-refractivity contribution in [1.29, 1.82) is 0 Å². The molecule has 2 heteroatoms. The molecule has 0 unspecified atom stereocenters. The van der Waals surface area contributed by atoms with Crippen LogP contribution in [0.5, 0.6) is 0 Å². The minimum absolute atomic E-state index is 0.769. The van der Waals surface area contributed by atoms with Crippen molar-refractivity contribution in [3.8, 4) is 0 Å². The van der Waals surface area contributed by atoms with Crippen LogP contribution in [0, 0.1) is 11.8 Å². The van der Waals surface area contributed by atoms with Gasteiger partial charge in [-0.15, -0.1) is 6.58 Å². The summed E-state index contributed by atoms with van der Waals surface area (Å²) in [7, 11) is 0. The van der Waals surface area contributed by atoms with E-state index >= 15 is 0 Å². The van der Waals surface area contributed by atoms with Crippen molar-refractivity contribution < 1.29 is 0 Å². The second kappa shape index (κ2) is 5.06. The van der Waals surface area contributed by atoms with Crippen molar-refractivity contribution in [2.45, 2.75) is 32.1 Å². The molecule has 1 saturated carbocycles. The minimum Gasteiger partial charge on any atom is -0.241 e. The van der Waals surface area contributed by atoms with Crippen LogP contribution in [0.1, 0.15) is 31.5 Å². The summed E-state index contributed by atoms with van der Waals surface area (Å²) in [6.07, 6.45) is 11.9. The number of allylic oxidation sites excluding steroid dienone is 1. The van der Waals surface area contributed by atoms with Crippen molar-refractivity contribution >= 4 is 0 Å². The molecule has 1 fully saturated rings. The Labute approximate surface area is 91.5 Å². The molecular weight excluding hydrogens is 184 g/mol. The summed E-state index contributed by atoms with van der Waals surface area (Å²) >= 11 is 0. The Bertz CT molecular complexity index is 308. The lowest BCUT2D eigenvalue weighted by molar-refractivity contribution is 0.382. The van der Waals surface area contributed by atoms with Gasteiger partial charge in [-0.25, -0.2) is 9.97 Å². The van der Waals surface area contributed by atoms with Gasteiger partial charge in [0.05, 0.1) is 0 Å². The lowest BCUT2D eigenvalue weighted by Gasteiger charge is -2.16. The summed E-state index contributed by atoms with van der Waals surface area (Å²) in [5, 5.41) is 0. The maximum absolute atomic E-state index is 4.30. The first kappa shape index (κ1) is 10.3. The molecule has 0 N–H and O–H groups in total. The van der Waals surface area contributed by atoms with Gasteiger partial charge in [0.15, 0.2) is 0 Å². The summed E-state index contributed by atoms with van der Waals surface area (Å²) < 4.78 is 0. The molecule has 1 aromatic rings. The number of nitrogens with zero attached hydrogens (tertiary/aromatic N) is 2. The highest BCUT2D eigenvalue weighted by atomic mass is 14.8. The molecule has 1 aliphatic carbocycles. The van der Waals surface area contributed by atoms with Gasteiger partial charge in [0, 0.05) is 18.8 Å². The third-order valence-corrected chi connectivity index (χ3v) is 3.35. The monoisotopic (exact) mass is 202 g/mol. The van der Waals surface area contributed by atoms with E-state index in [1.54, 1.807) is 0 Å². The zero-order valence-corrected chi connectivity index (χ0v) is 9.10. The molecule has 2 rings (SSSR count). The number of aromatic nitrogens is 2. The Morgan fingerprint density at radius 3 is 2.73 bits per heavy atom. The lowest BCUT2D eigenvalue weighted by atomic mass is 9.90. The number of hydrogen-bond acceptors (Lipinski definition) is 2. The van der Waals surface area contributed by atoms with Crippen LogP contribution in [0.4, 0.5) is 0 Å². The van der Waals surface area contributed by atoms with Crippen molar-refractivity contribution in [1.82, 2.24) is 9.97 Å². The van der Waals surface area contributed by atoms with Crippen LogP contribution < -0.4 is 0 Å². The quantitative estimate of drug-likeness (QED) is 0.701. The van der Waals surface area contributed by atoms with Crippen molar-refractivity contribution in [2.75, 3.05) is 0 Å². The topological polar surface area (TPSA) is 25.8 Å². The predicted molar refractivity (Wildman–Crippen MR) is 61.4 cm³/mol. The van der Waals surface area contributed by atoms with Crippen LogP contribution >= 0.6 is 0 Å². The van der Waals surface area contributed by atoms with E-state index in [1.165, 1.54) is 19.3 Å². The second-order valence-corrected chi connectivity index (χ2v) is 4.34. The van der Waals surface area contributed by atoms with Gasteiger partial charge >= 0.3 is 0 Å². The Morgan fingerprint density at radius 2 is 2.00 bits per heavy atom. The third kappa shape index (κ3) is 2.65. The average Bonchev–Trinajstić information content (AvgIpc) is 2.68. The van der Waals surface area contributed by atoms with Crippen LogP contribution in [-0.2, 0) is 6.42 Å². The molecule has 2 atom stereocenters. The van der Waals surface area contributed by atoms with Crippen LogP contribution in [0.15, 0.2) is 31.1 Å². The third-order valence-electron chi connectivity index (χ3n) is 3.35. The molecule has 0 saturated heterocycles. The molecule has 15 heavy (non-hydrogen) atoms. The van der Waals surface area contributed by atoms with Crippen molar-refractivity contribution in [2.24, 2.45) is 11.8 Å². The molecule has 1 aliphatic rings. The van der Waals surface area contributed by atoms with E-state index in [0.717, 1.165) is 30.5 Å². The smallest absolute Gasteiger partial charge is 0.128 e. The van der Waals surface area contributed by atoms with E-state index in [2.05, 4.69) is 22.6 Å². The van der Waals surface area contributed by atoms with Crippen LogP contribution in [-0.4, -0.2) is 9.97 Å². The van der Waals surface area contributed by atoms with Crippen molar-refractivity contribution in [3.63, 3.8) is 0 Å². The van der Waals surface area contributed by atoms with Gasteiger partial charge in [0.1, 0.15) is 5.82 Å². The lowest BCUT2D eigenvalue weighted by Crippen LogP contribution is -2.12. The second-order valence-electron chi connectivity index (χ2n) is 4.34. The SMILES string of the molecule is C=CC[C@@H]1CCC[C@H]1Cc1ncccn1. The first-order chi connectivity index (χ1) is 7.40. The van der Waals surface area contributed by atoms with Gasteiger partial charge in [-0.05, 0) is 37.2 Å². The Morgan fingerprint density at radius 1 is 1.27 bits per heavy atom. The fraction of sp³-hybridized carbons (Fsp3) is 0.538. The first-order valence-corrected chi connectivity index (χ1v) is 5.77. The molecule has 80 valence electrons. The Hall–Kier alpha value is -1.18. The fourth-order valence-corrected chi connectivity index (χ4v) is 2.58. The van der Waals surface area contributed by atoms with Gasteiger partial charge < -0.3 is 0 Å². The number of rotatable bonds is 4. The summed E-state index contributed by atoms with van der Waals surface area (Å²) in [5.41, 5.74) is 0. The Balaban J connectivity index is 1.96. The average molecular weight is 202 g/mol. The molecule has 2 nitrogen and oxygen atoms in total. The highest BCUT2D eigenvalue weighted by Crippen LogP contribution is 2.35. The molecule has 0 bridgehead atoms. The molecule has 0 radical (unpaired) electrons. The molecule has 1 aromatic heterocycles. The van der Waals surface area contributed by atoms with E-state index in [-0.39, 0.29) is 0 Å². The molecule has 0 spiro atoms. The maximum Gasteiger partial charge on any atom is 0.128 e. The first-order valence-electron chi connectivity index (χ1n) is 5.77. The summed E-state index contributed by atoms with van der Waals surface area (Å²) in [6.45, 7) is 3.83. The molecule has 0 amide bonds. The van der Waals surface area contributed by atoms with Gasteiger partial charge in [-0.3, -0.25) is 0 Å². The summed E-state index contributed by atoms with van der Waals surface area (Å²) in [5.74, 6) is 2.58. The van der Waals surface area contributed by atoms with E-state index in [4.69, 9.17) is 0 Å².